The van der Waals surface area contributed by atoms with E-state index in [2.05, 4.69) is 9.82 Å². The predicted octanol–water partition coefficient (Wildman–Crippen LogP) is -0.642. The van der Waals surface area contributed by atoms with Crippen molar-refractivity contribution < 1.29 is 23.4 Å². The molecule has 0 spiro atoms. The van der Waals surface area contributed by atoms with Gasteiger partial charge in [0.2, 0.25) is 10.0 Å². The molecular formula is C10H17N3O5S2. The number of aliphatic hydroxyl groups excluding tert-OH is 1. The molecule has 20 heavy (non-hydrogen) atoms. The maximum atomic E-state index is 12.1. The molecule has 3 N–H and O–H groups in total. The number of rotatable bonds is 8. The Morgan fingerprint density at radius 3 is 2.75 bits per heavy atom. The van der Waals surface area contributed by atoms with Crippen molar-refractivity contribution in [1.29, 1.82) is 0 Å². The highest BCUT2D eigenvalue weighted by molar-refractivity contribution is 7.99. The fourth-order valence-corrected chi connectivity index (χ4v) is 3.48. The molecule has 0 aromatic carbocycles. The number of hydrogen-bond acceptors (Lipinski definition) is 6. The van der Waals surface area contributed by atoms with Crippen molar-refractivity contribution in [3.8, 4) is 0 Å². The standard InChI is InChI=1S/C10H17N3O5S2/c1-7(9(6-14)19-2)12-20(17,18)8-3-11-13(4-8)5-10(15)16/h3-4,7,9,12,14H,5-6H2,1-2H3,(H,15,16). The fraction of sp³-hybridized carbons (Fsp3) is 0.600. The molecule has 0 aliphatic heterocycles. The quantitative estimate of drug-likeness (QED) is 0.581. The van der Waals surface area contributed by atoms with Gasteiger partial charge in [-0.15, -0.1) is 0 Å². The lowest BCUT2D eigenvalue weighted by Gasteiger charge is -2.20. The Hall–Kier alpha value is -1.10. The molecule has 2 atom stereocenters. The van der Waals surface area contributed by atoms with Crippen molar-refractivity contribution in [3.63, 3.8) is 0 Å². The molecule has 0 saturated heterocycles. The summed E-state index contributed by atoms with van der Waals surface area (Å²) in [6.45, 7) is 1.09. The minimum absolute atomic E-state index is 0.108. The number of aromatic nitrogens is 2. The lowest BCUT2D eigenvalue weighted by molar-refractivity contribution is -0.137. The van der Waals surface area contributed by atoms with Gasteiger partial charge >= 0.3 is 5.97 Å². The molecule has 1 heterocycles. The van der Waals surface area contributed by atoms with Crippen LogP contribution in [0.25, 0.3) is 0 Å². The van der Waals surface area contributed by atoms with Crippen LogP contribution in [0, 0.1) is 0 Å². The van der Waals surface area contributed by atoms with Gasteiger partial charge in [0.15, 0.2) is 0 Å². The first-order valence-corrected chi connectivity index (χ1v) is 8.47. The Balaban J connectivity index is 2.83. The largest absolute Gasteiger partial charge is 0.480 e. The molecule has 8 nitrogen and oxygen atoms in total. The van der Waals surface area contributed by atoms with Gasteiger partial charge in [0.05, 0.1) is 12.8 Å². The van der Waals surface area contributed by atoms with Gasteiger partial charge in [0, 0.05) is 17.5 Å². The summed E-state index contributed by atoms with van der Waals surface area (Å²) in [7, 11) is -3.79. The van der Waals surface area contributed by atoms with Crippen molar-refractivity contribution >= 4 is 27.8 Å². The van der Waals surface area contributed by atoms with E-state index >= 15 is 0 Å². The van der Waals surface area contributed by atoms with Crippen LogP contribution in [-0.4, -0.2) is 58.5 Å². The van der Waals surface area contributed by atoms with E-state index < -0.39 is 28.6 Å². The average Bonchev–Trinajstić information content (AvgIpc) is 2.78. The SMILES string of the molecule is CSC(CO)C(C)NS(=O)(=O)c1cnn(CC(=O)O)c1. The van der Waals surface area contributed by atoms with Crippen LogP contribution in [0.15, 0.2) is 17.3 Å². The number of carboxylic acids is 1. The average molecular weight is 323 g/mol. The molecule has 1 aromatic rings. The van der Waals surface area contributed by atoms with Crippen LogP contribution in [0.3, 0.4) is 0 Å². The number of nitrogens with one attached hydrogen (secondary N) is 1. The van der Waals surface area contributed by atoms with Gasteiger partial charge in [-0.25, -0.2) is 13.1 Å². The van der Waals surface area contributed by atoms with Crippen molar-refractivity contribution in [1.82, 2.24) is 14.5 Å². The highest BCUT2D eigenvalue weighted by atomic mass is 32.2. The minimum atomic E-state index is -3.79. The summed E-state index contributed by atoms with van der Waals surface area (Å²) in [6.07, 6.45) is 4.01. The summed E-state index contributed by atoms with van der Waals surface area (Å²) in [5, 5.41) is 21.1. The lowest BCUT2D eigenvalue weighted by atomic mass is 10.3. The van der Waals surface area contributed by atoms with E-state index in [1.165, 1.54) is 11.8 Å². The molecule has 0 amide bonds. The maximum Gasteiger partial charge on any atom is 0.325 e. The number of aliphatic hydroxyl groups is 1. The van der Waals surface area contributed by atoms with Crippen molar-refractivity contribution in [3.05, 3.63) is 12.4 Å². The molecule has 0 saturated carbocycles. The maximum absolute atomic E-state index is 12.1. The Morgan fingerprint density at radius 1 is 1.60 bits per heavy atom. The first-order chi connectivity index (χ1) is 9.30. The Bertz CT molecular complexity index is 553. The molecule has 0 fully saturated rings. The highest BCUT2D eigenvalue weighted by Crippen LogP contribution is 2.14. The summed E-state index contributed by atoms with van der Waals surface area (Å²) >= 11 is 1.35. The van der Waals surface area contributed by atoms with E-state index in [4.69, 9.17) is 10.2 Å². The molecule has 1 aromatic heterocycles. The van der Waals surface area contributed by atoms with E-state index in [1.54, 1.807) is 13.2 Å². The van der Waals surface area contributed by atoms with Crippen LogP contribution >= 0.6 is 11.8 Å². The fourth-order valence-electron chi connectivity index (χ4n) is 1.53. The van der Waals surface area contributed by atoms with Crippen LogP contribution in [0.2, 0.25) is 0 Å². The number of sulfonamides is 1. The van der Waals surface area contributed by atoms with Gasteiger partial charge in [-0.1, -0.05) is 0 Å². The van der Waals surface area contributed by atoms with Crippen molar-refractivity contribution in [2.45, 2.75) is 29.7 Å². The van der Waals surface area contributed by atoms with Gasteiger partial charge in [0.25, 0.3) is 0 Å². The second kappa shape index (κ2) is 7.07. The second-order valence-corrected chi connectivity index (χ2v) is 6.92. The number of carboxylic acid groups (broad SMARTS) is 1. The third-order valence-electron chi connectivity index (χ3n) is 2.60. The van der Waals surface area contributed by atoms with Crippen molar-refractivity contribution in [2.75, 3.05) is 12.9 Å². The Morgan fingerprint density at radius 2 is 2.25 bits per heavy atom. The van der Waals surface area contributed by atoms with E-state index in [-0.39, 0.29) is 16.8 Å². The summed E-state index contributed by atoms with van der Waals surface area (Å²) < 4.78 is 27.6. The van der Waals surface area contributed by atoms with Crippen LogP contribution in [0.5, 0.6) is 0 Å². The molecule has 0 aliphatic carbocycles. The minimum Gasteiger partial charge on any atom is -0.480 e. The Kier molecular flexibility index (Phi) is 5.99. The number of hydrogen-bond donors (Lipinski definition) is 3. The van der Waals surface area contributed by atoms with E-state index in [9.17, 15) is 13.2 Å². The molecule has 114 valence electrons. The normalized spacial score (nSPS) is 14.9. The van der Waals surface area contributed by atoms with E-state index in [0.29, 0.717) is 0 Å². The molecule has 1 rings (SSSR count). The predicted molar refractivity (Wildman–Crippen MR) is 74.0 cm³/mol. The lowest BCUT2D eigenvalue weighted by Crippen LogP contribution is -2.41. The van der Waals surface area contributed by atoms with E-state index in [1.807, 2.05) is 0 Å². The Labute approximate surface area is 121 Å². The molecule has 0 radical (unpaired) electrons. The summed E-state index contributed by atoms with van der Waals surface area (Å²) in [5.74, 6) is -1.11. The summed E-state index contributed by atoms with van der Waals surface area (Å²) in [5.41, 5.74) is 0. The number of thioether (sulfide) groups is 1. The van der Waals surface area contributed by atoms with Crippen LogP contribution in [-0.2, 0) is 21.4 Å². The zero-order valence-electron chi connectivity index (χ0n) is 11.1. The first kappa shape index (κ1) is 17.0. The zero-order chi connectivity index (χ0) is 15.3. The van der Waals surface area contributed by atoms with Gasteiger partial charge in [-0.05, 0) is 13.2 Å². The molecule has 10 heteroatoms. The first-order valence-electron chi connectivity index (χ1n) is 5.70. The number of carbonyl (C=O) groups is 1. The molecular weight excluding hydrogens is 306 g/mol. The van der Waals surface area contributed by atoms with Gasteiger partial charge in [-0.3, -0.25) is 9.48 Å². The number of nitrogens with zero attached hydrogens (tertiary/aromatic N) is 2. The van der Waals surface area contributed by atoms with Gasteiger partial charge in [0.1, 0.15) is 11.4 Å². The van der Waals surface area contributed by atoms with Crippen molar-refractivity contribution in [2.24, 2.45) is 0 Å². The number of aliphatic carboxylic acids is 1. The van der Waals surface area contributed by atoms with Gasteiger partial charge < -0.3 is 10.2 Å². The van der Waals surface area contributed by atoms with Crippen LogP contribution < -0.4 is 4.72 Å². The smallest absolute Gasteiger partial charge is 0.325 e. The molecule has 2 unspecified atom stereocenters. The third-order valence-corrected chi connectivity index (χ3v) is 5.27. The third kappa shape index (κ3) is 4.47. The monoisotopic (exact) mass is 323 g/mol. The zero-order valence-corrected chi connectivity index (χ0v) is 12.7. The summed E-state index contributed by atoms with van der Waals surface area (Å²) in [4.78, 5) is 10.4. The summed E-state index contributed by atoms with van der Waals surface area (Å²) in [6, 6.07) is -0.470. The van der Waals surface area contributed by atoms with Gasteiger partial charge in [-0.2, -0.15) is 16.9 Å². The topological polar surface area (TPSA) is 122 Å². The highest BCUT2D eigenvalue weighted by Gasteiger charge is 2.24. The van der Waals surface area contributed by atoms with E-state index in [0.717, 1.165) is 17.1 Å². The van der Waals surface area contributed by atoms with Crippen LogP contribution in [0.4, 0.5) is 0 Å². The molecule has 0 bridgehead atoms. The van der Waals surface area contributed by atoms with Crippen LogP contribution in [0.1, 0.15) is 6.92 Å². The molecule has 0 aliphatic rings. The second-order valence-electron chi connectivity index (χ2n) is 4.13.